The summed E-state index contributed by atoms with van der Waals surface area (Å²) in [4.78, 5) is 0. The molecule has 0 saturated heterocycles. The predicted octanol–water partition coefficient (Wildman–Crippen LogP) is 3.97. The summed E-state index contributed by atoms with van der Waals surface area (Å²) in [5.74, 6) is 0.516. The minimum absolute atomic E-state index is 0.159. The molecule has 7 heteroatoms. The number of aromatic nitrogens is 2. The molecule has 0 spiro atoms. The smallest absolute Gasteiger partial charge is 0.281 e. The van der Waals surface area contributed by atoms with Gasteiger partial charge in [0.2, 0.25) is 0 Å². The highest BCUT2D eigenvalue weighted by Crippen LogP contribution is 2.33. The first-order valence-electron chi connectivity index (χ1n) is 4.67. The molecule has 1 heterocycles. The lowest BCUT2D eigenvalue weighted by Crippen LogP contribution is -2.08. The van der Waals surface area contributed by atoms with Crippen LogP contribution in [0.25, 0.3) is 0 Å². The fourth-order valence-corrected chi connectivity index (χ4v) is 2.49. The third kappa shape index (κ3) is 3.41. The lowest BCUT2D eigenvalue weighted by atomic mass is 10.2. The molecule has 0 unspecified atom stereocenters. The number of thioether (sulfide) groups is 1. The molecule has 0 aliphatic rings. The van der Waals surface area contributed by atoms with Crippen molar-refractivity contribution in [2.45, 2.75) is 36.4 Å². The van der Waals surface area contributed by atoms with E-state index in [2.05, 4.69) is 26.1 Å². The highest BCUT2D eigenvalue weighted by atomic mass is 79.9. The van der Waals surface area contributed by atoms with Gasteiger partial charge in [-0.25, -0.2) is 0 Å². The van der Waals surface area contributed by atoms with Crippen molar-refractivity contribution >= 4 is 27.7 Å². The van der Waals surface area contributed by atoms with E-state index in [4.69, 9.17) is 0 Å². The van der Waals surface area contributed by atoms with Gasteiger partial charge in [0.25, 0.3) is 0 Å². The number of halogens is 4. The molecule has 92 valence electrons. The van der Waals surface area contributed by atoms with Gasteiger partial charge in [-0.3, -0.25) is 5.10 Å². The number of alkyl halides is 4. The SMILES string of the molecule is CC(C)SCc1[nH]nc(C(F)(F)F)c1CBr. The summed E-state index contributed by atoms with van der Waals surface area (Å²) in [6.07, 6.45) is -4.39. The Hall–Kier alpha value is -0.170. The number of rotatable bonds is 4. The van der Waals surface area contributed by atoms with Gasteiger partial charge in [-0.15, -0.1) is 0 Å². The molecule has 2 nitrogen and oxygen atoms in total. The Morgan fingerprint density at radius 3 is 2.50 bits per heavy atom. The van der Waals surface area contributed by atoms with Crippen LogP contribution in [-0.2, 0) is 17.3 Å². The average molecular weight is 317 g/mol. The van der Waals surface area contributed by atoms with E-state index in [1.807, 2.05) is 13.8 Å². The molecule has 0 aliphatic heterocycles. The summed E-state index contributed by atoms with van der Waals surface area (Å²) < 4.78 is 37.6. The van der Waals surface area contributed by atoms with Crippen LogP contribution in [0.15, 0.2) is 0 Å². The fourth-order valence-electron chi connectivity index (χ4n) is 1.15. The van der Waals surface area contributed by atoms with Crippen molar-refractivity contribution in [3.05, 3.63) is 17.0 Å². The zero-order chi connectivity index (χ0) is 12.3. The second-order valence-corrected chi connectivity index (χ2v) is 5.65. The Bertz CT molecular complexity index is 349. The van der Waals surface area contributed by atoms with Crippen LogP contribution in [0.5, 0.6) is 0 Å². The molecule has 0 fully saturated rings. The maximum absolute atomic E-state index is 12.5. The Balaban J connectivity index is 2.91. The molecule has 1 N–H and O–H groups in total. The summed E-state index contributed by atoms with van der Waals surface area (Å²) >= 11 is 4.65. The minimum atomic E-state index is -4.39. The van der Waals surface area contributed by atoms with Gasteiger partial charge in [-0.1, -0.05) is 29.8 Å². The van der Waals surface area contributed by atoms with Crippen molar-refractivity contribution in [2.24, 2.45) is 0 Å². The highest BCUT2D eigenvalue weighted by Gasteiger charge is 2.37. The summed E-state index contributed by atoms with van der Waals surface area (Å²) in [6.45, 7) is 4.00. The van der Waals surface area contributed by atoms with Crippen molar-refractivity contribution < 1.29 is 13.2 Å². The van der Waals surface area contributed by atoms with E-state index in [0.717, 1.165) is 0 Å². The molecular formula is C9H12BrF3N2S. The van der Waals surface area contributed by atoms with Gasteiger partial charge in [0.15, 0.2) is 5.69 Å². The van der Waals surface area contributed by atoms with Gasteiger partial charge in [-0.05, 0) is 5.25 Å². The average Bonchev–Trinajstić information content (AvgIpc) is 2.56. The summed E-state index contributed by atoms with van der Waals surface area (Å²) in [5.41, 5.74) is -0.0627. The van der Waals surface area contributed by atoms with Crippen LogP contribution in [0, 0.1) is 0 Å². The van der Waals surface area contributed by atoms with Gasteiger partial charge in [0, 0.05) is 22.3 Å². The molecule has 1 aromatic rings. The number of hydrogen-bond donors (Lipinski definition) is 1. The van der Waals surface area contributed by atoms with Crippen molar-refractivity contribution in [1.82, 2.24) is 10.2 Å². The summed E-state index contributed by atoms with van der Waals surface area (Å²) in [6, 6.07) is 0. The molecule has 0 atom stereocenters. The van der Waals surface area contributed by atoms with Gasteiger partial charge in [-0.2, -0.15) is 30.0 Å². The number of nitrogens with one attached hydrogen (secondary N) is 1. The van der Waals surface area contributed by atoms with Gasteiger partial charge in [0.05, 0.1) is 0 Å². The standard InChI is InChI=1S/C9H12BrF3N2S/c1-5(2)16-4-7-6(3-10)8(15-14-7)9(11,12)13/h5H,3-4H2,1-2H3,(H,14,15). The minimum Gasteiger partial charge on any atom is -0.281 e. The quantitative estimate of drug-likeness (QED) is 0.852. The van der Waals surface area contributed by atoms with Crippen LogP contribution in [0.4, 0.5) is 13.2 Å². The molecular weight excluding hydrogens is 305 g/mol. The van der Waals surface area contributed by atoms with Gasteiger partial charge in [0.1, 0.15) is 0 Å². The fraction of sp³-hybridized carbons (Fsp3) is 0.667. The topological polar surface area (TPSA) is 28.7 Å². The molecule has 0 saturated carbocycles. The van der Waals surface area contributed by atoms with E-state index in [9.17, 15) is 13.2 Å². The molecule has 0 bridgehead atoms. The van der Waals surface area contributed by atoms with Crippen molar-refractivity contribution in [3.63, 3.8) is 0 Å². The summed E-state index contributed by atoms with van der Waals surface area (Å²) in [5, 5.41) is 6.34. The van der Waals surface area contributed by atoms with E-state index in [1.54, 1.807) is 11.8 Å². The lowest BCUT2D eigenvalue weighted by molar-refractivity contribution is -0.141. The molecule has 1 rings (SSSR count). The first kappa shape index (κ1) is 13.9. The van der Waals surface area contributed by atoms with E-state index in [1.165, 1.54) is 0 Å². The molecule has 0 aliphatic carbocycles. The molecule has 0 radical (unpaired) electrons. The highest BCUT2D eigenvalue weighted by molar-refractivity contribution is 9.08. The Labute approximate surface area is 105 Å². The number of nitrogens with zero attached hydrogens (tertiary/aromatic N) is 1. The Morgan fingerprint density at radius 1 is 1.44 bits per heavy atom. The molecule has 0 aromatic carbocycles. The van der Waals surface area contributed by atoms with Crippen molar-refractivity contribution in [1.29, 1.82) is 0 Å². The van der Waals surface area contributed by atoms with E-state index >= 15 is 0 Å². The van der Waals surface area contributed by atoms with E-state index < -0.39 is 11.9 Å². The largest absolute Gasteiger partial charge is 0.435 e. The monoisotopic (exact) mass is 316 g/mol. The Morgan fingerprint density at radius 2 is 2.06 bits per heavy atom. The zero-order valence-corrected chi connectivity index (χ0v) is 11.3. The first-order chi connectivity index (χ1) is 7.36. The summed E-state index contributed by atoms with van der Waals surface area (Å²) in [7, 11) is 0. The second kappa shape index (κ2) is 5.44. The normalized spacial score (nSPS) is 12.4. The van der Waals surface area contributed by atoms with Crippen LogP contribution in [0.1, 0.15) is 30.8 Å². The van der Waals surface area contributed by atoms with Gasteiger partial charge >= 0.3 is 6.18 Å². The van der Waals surface area contributed by atoms with Crippen molar-refractivity contribution in [2.75, 3.05) is 0 Å². The van der Waals surface area contributed by atoms with Gasteiger partial charge < -0.3 is 0 Å². The van der Waals surface area contributed by atoms with Crippen LogP contribution in [0.2, 0.25) is 0 Å². The maximum Gasteiger partial charge on any atom is 0.435 e. The number of aromatic amines is 1. The van der Waals surface area contributed by atoms with Crippen LogP contribution >= 0.6 is 27.7 Å². The van der Waals surface area contributed by atoms with Crippen molar-refractivity contribution in [3.8, 4) is 0 Å². The molecule has 1 aromatic heterocycles. The number of hydrogen-bond acceptors (Lipinski definition) is 2. The Kier molecular flexibility index (Phi) is 4.73. The number of H-pyrrole nitrogens is 1. The maximum atomic E-state index is 12.5. The van der Waals surface area contributed by atoms with E-state index in [0.29, 0.717) is 16.7 Å². The van der Waals surface area contributed by atoms with E-state index in [-0.39, 0.29) is 10.9 Å². The molecule has 16 heavy (non-hydrogen) atoms. The molecule has 0 amide bonds. The first-order valence-corrected chi connectivity index (χ1v) is 6.84. The predicted molar refractivity (Wildman–Crippen MR) is 62.7 cm³/mol. The second-order valence-electron chi connectivity index (χ2n) is 3.52. The lowest BCUT2D eigenvalue weighted by Gasteiger charge is -2.06. The third-order valence-electron chi connectivity index (χ3n) is 1.92. The third-order valence-corrected chi connectivity index (χ3v) is 3.60. The van der Waals surface area contributed by atoms with Crippen LogP contribution in [-0.4, -0.2) is 15.4 Å². The van der Waals surface area contributed by atoms with Crippen LogP contribution in [0.3, 0.4) is 0 Å². The zero-order valence-electron chi connectivity index (χ0n) is 8.86. The van der Waals surface area contributed by atoms with Crippen LogP contribution < -0.4 is 0 Å².